The zero-order valence-electron chi connectivity index (χ0n) is 14.2. The molecule has 1 unspecified atom stereocenters. The predicted octanol–water partition coefficient (Wildman–Crippen LogP) is 2.38. The summed E-state index contributed by atoms with van der Waals surface area (Å²) in [6.45, 7) is 1.19. The number of aryl methyl sites for hydroxylation is 1. The van der Waals surface area contributed by atoms with Crippen LogP contribution < -0.4 is 16.6 Å². The minimum atomic E-state index is -0.342. The smallest absolute Gasteiger partial charge is 0.330 e. The second kappa shape index (κ2) is 6.88. The summed E-state index contributed by atoms with van der Waals surface area (Å²) in [5, 5.41) is 3.36. The number of anilines is 1. The minimum Gasteiger partial charge on any atom is -0.381 e. The third-order valence-corrected chi connectivity index (χ3v) is 5.22. The van der Waals surface area contributed by atoms with Gasteiger partial charge in [0.1, 0.15) is 5.82 Å². The summed E-state index contributed by atoms with van der Waals surface area (Å²) >= 11 is 0. The second-order valence-corrected chi connectivity index (χ2v) is 6.83. The first-order valence-corrected chi connectivity index (χ1v) is 9.00. The Kier molecular flexibility index (Phi) is 4.44. The predicted molar refractivity (Wildman–Crippen MR) is 96.2 cm³/mol. The van der Waals surface area contributed by atoms with Gasteiger partial charge in [-0.05, 0) is 43.2 Å². The van der Waals surface area contributed by atoms with Crippen LogP contribution in [0, 0.1) is 0 Å². The lowest BCUT2D eigenvalue weighted by atomic mass is 9.88. The van der Waals surface area contributed by atoms with Gasteiger partial charge in [0.15, 0.2) is 0 Å². The molecule has 0 saturated carbocycles. The molecule has 1 atom stereocenters. The Bertz CT molecular complexity index is 833. The standard InChI is InChI=1S/C19H23N3O3/c23-18-12-17(21-19(24)22(18)14-8-10-25-11-9-14)20-16-7-3-5-13-4-1-2-6-15(13)16/h1-2,4,6,12,14,16,20H,3,5,7-11H2,(H,21,24). The van der Waals surface area contributed by atoms with E-state index in [4.69, 9.17) is 4.74 Å². The number of benzene rings is 1. The molecule has 25 heavy (non-hydrogen) atoms. The van der Waals surface area contributed by atoms with Gasteiger partial charge in [0, 0.05) is 25.3 Å². The number of nitrogens with one attached hydrogen (secondary N) is 2. The van der Waals surface area contributed by atoms with Crippen molar-refractivity contribution in [1.29, 1.82) is 0 Å². The average Bonchev–Trinajstić information content (AvgIpc) is 2.62. The first-order valence-electron chi connectivity index (χ1n) is 9.00. The molecule has 2 heterocycles. The fourth-order valence-corrected chi connectivity index (χ4v) is 3.96. The number of hydrogen-bond donors (Lipinski definition) is 2. The Morgan fingerprint density at radius 1 is 1.12 bits per heavy atom. The highest BCUT2D eigenvalue weighted by molar-refractivity contribution is 5.41. The van der Waals surface area contributed by atoms with E-state index >= 15 is 0 Å². The van der Waals surface area contributed by atoms with Gasteiger partial charge in [-0.1, -0.05) is 24.3 Å². The maximum atomic E-state index is 12.5. The molecule has 132 valence electrons. The van der Waals surface area contributed by atoms with Crippen molar-refractivity contribution in [2.24, 2.45) is 0 Å². The lowest BCUT2D eigenvalue weighted by Crippen LogP contribution is -2.40. The van der Waals surface area contributed by atoms with E-state index in [-0.39, 0.29) is 23.3 Å². The van der Waals surface area contributed by atoms with Crippen molar-refractivity contribution in [3.05, 3.63) is 62.3 Å². The lowest BCUT2D eigenvalue weighted by molar-refractivity contribution is 0.0674. The molecule has 4 rings (SSSR count). The van der Waals surface area contributed by atoms with Gasteiger partial charge in [0.05, 0.1) is 6.04 Å². The van der Waals surface area contributed by atoms with Gasteiger partial charge < -0.3 is 10.1 Å². The highest BCUT2D eigenvalue weighted by atomic mass is 16.5. The molecular weight excluding hydrogens is 318 g/mol. The molecule has 6 heteroatoms. The Morgan fingerprint density at radius 2 is 1.92 bits per heavy atom. The number of fused-ring (bicyclic) bond motifs is 1. The SMILES string of the molecule is O=c1cc(NC2CCCc3ccccc32)[nH]c(=O)n1C1CCOCC1. The summed E-state index contributed by atoms with van der Waals surface area (Å²) in [5.41, 5.74) is 2.00. The third kappa shape index (κ3) is 3.26. The topological polar surface area (TPSA) is 76.1 Å². The van der Waals surface area contributed by atoms with E-state index in [0.717, 1.165) is 19.3 Å². The summed E-state index contributed by atoms with van der Waals surface area (Å²) in [5.74, 6) is 0.500. The molecule has 1 aliphatic carbocycles. The molecule has 0 radical (unpaired) electrons. The maximum absolute atomic E-state index is 12.5. The molecule has 2 N–H and O–H groups in total. The van der Waals surface area contributed by atoms with Crippen molar-refractivity contribution in [1.82, 2.24) is 9.55 Å². The van der Waals surface area contributed by atoms with E-state index in [2.05, 4.69) is 28.5 Å². The Morgan fingerprint density at radius 3 is 2.72 bits per heavy atom. The van der Waals surface area contributed by atoms with E-state index in [1.165, 1.54) is 21.8 Å². The minimum absolute atomic E-state index is 0.0746. The number of nitrogens with zero attached hydrogens (tertiary/aromatic N) is 1. The largest absolute Gasteiger partial charge is 0.381 e. The molecule has 2 aromatic rings. The van der Waals surface area contributed by atoms with Crippen LogP contribution in [-0.4, -0.2) is 22.8 Å². The molecule has 6 nitrogen and oxygen atoms in total. The van der Waals surface area contributed by atoms with Crippen LogP contribution in [0.5, 0.6) is 0 Å². The van der Waals surface area contributed by atoms with E-state index in [9.17, 15) is 9.59 Å². The summed E-state index contributed by atoms with van der Waals surface area (Å²) in [4.78, 5) is 27.8. The number of hydrogen-bond acceptors (Lipinski definition) is 4. The van der Waals surface area contributed by atoms with Gasteiger partial charge in [-0.3, -0.25) is 14.3 Å². The van der Waals surface area contributed by atoms with E-state index in [1.54, 1.807) is 0 Å². The highest BCUT2D eigenvalue weighted by Gasteiger charge is 2.22. The summed E-state index contributed by atoms with van der Waals surface area (Å²) in [6.07, 6.45) is 4.56. The van der Waals surface area contributed by atoms with Crippen molar-refractivity contribution < 1.29 is 4.74 Å². The fourth-order valence-electron chi connectivity index (χ4n) is 3.96. The molecule has 1 aliphatic heterocycles. The van der Waals surface area contributed by atoms with Crippen LogP contribution in [0.3, 0.4) is 0 Å². The zero-order valence-corrected chi connectivity index (χ0v) is 14.2. The summed E-state index contributed by atoms with van der Waals surface area (Å²) < 4.78 is 6.65. The monoisotopic (exact) mass is 341 g/mol. The molecule has 1 aromatic carbocycles. The molecule has 0 spiro atoms. The van der Waals surface area contributed by atoms with Crippen LogP contribution in [0.15, 0.2) is 39.9 Å². The van der Waals surface area contributed by atoms with Gasteiger partial charge in [-0.2, -0.15) is 0 Å². The van der Waals surface area contributed by atoms with Crippen LogP contribution in [-0.2, 0) is 11.2 Å². The lowest BCUT2D eigenvalue weighted by Gasteiger charge is -2.27. The van der Waals surface area contributed by atoms with Crippen molar-refractivity contribution in [3.8, 4) is 0 Å². The number of aromatic amines is 1. The summed E-state index contributed by atoms with van der Waals surface area (Å²) in [7, 11) is 0. The van der Waals surface area contributed by atoms with Crippen LogP contribution in [0.25, 0.3) is 0 Å². The van der Waals surface area contributed by atoms with Gasteiger partial charge in [0.25, 0.3) is 5.56 Å². The molecule has 0 amide bonds. The van der Waals surface area contributed by atoms with E-state index in [1.807, 2.05) is 6.07 Å². The average molecular weight is 341 g/mol. The van der Waals surface area contributed by atoms with Crippen molar-refractivity contribution in [2.45, 2.75) is 44.2 Å². The normalized spacial score (nSPS) is 20.9. The van der Waals surface area contributed by atoms with Crippen molar-refractivity contribution in [3.63, 3.8) is 0 Å². The number of ether oxygens (including phenoxy) is 1. The van der Waals surface area contributed by atoms with Gasteiger partial charge in [0.2, 0.25) is 0 Å². The fraction of sp³-hybridized carbons (Fsp3) is 0.474. The van der Waals surface area contributed by atoms with Crippen molar-refractivity contribution >= 4 is 5.82 Å². The molecule has 1 saturated heterocycles. The number of aromatic nitrogens is 2. The van der Waals surface area contributed by atoms with Gasteiger partial charge in [-0.25, -0.2) is 4.79 Å². The second-order valence-electron chi connectivity index (χ2n) is 6.83. The zero-order chi connectivity index (χ0) is 17.2. The number of rotatable bonds is 3. The van der Waals surface area contributed by atoms with Crippen LogP contribution in [0.4, 0.5) is 5.82 Å². The Labute approximate surface area is 145 Å². The summed E-state index contributed by atoms with van der Waals surface area (Å²) in [6, 6.07) is 9.91. The van der Waals surface area contributed by atoms with Crippen LogP contribution >= 0.6 is 0 Å². The van der Waals surface area contributed by atoms with Crippen molar-refractivity contribution in [2.75, 3.05) is 18.5 Å². The van der Waals surface area contributed by atoms with Gasteiger partial charge in [-0.15, -0.1) is 0 Å². The quantitative estimate of drug-likeness (QED) is 0.899. The third-order valence-electron chi connectivity index (χ3n) is 5.22. The number of H-pyrrole nitrogens is 1. The molecular formula is C19H23N3O3. The van der Waals surface area contributed by atoms with Crippen LogP contribution in [0.1, 0.15) is 48.9 Å². The first-order chi connectivity index (χ1) is 12.2. The molecule has 1 aromatic heterocycles. The molecule has 1 fully saturated rings. The molecule has 0 bridgehead atoms. The van der Waals surface area contributed by atoms with E-state index < -0.39 is 0 Å². The van der Waals surface area contributed by atoms with Gasteiger partial charge >= 0.3 is 5.69 Å². The molecule has 2 aliphatic rings. The first kappa shape index (κ1) is 16.1. The Balaban J connectivity index is 1.60. The van der Waals surface area contributed by atoms with Crippen LogP contribution in [0.2, 0.25) is 0 Å². The highest BCUT2D eigenvalue weighted by Crippen LogP contribution is 2.31. The Hall–Kier alpha value is -2.34. The van der Waals surface area contributed by atoms with E-state index in [0.29, 0.717) is 31.9 Å². The maximum Gasteiger partial charge on any atom is 0.330 e.